The lowest BCUT2D eigenvalue weighted by atomic mass is 10.0. The van der Waals surface area contributed by atoms with Crippen molar-refractivity contribution < 1.29 is 81.4 Å². The smallest absolute Gasteiger partial charge is 0.394 e. The largest absolute Gasteiger partial charge is 0.490 e. The molecule has 0 spiro atoms. The molecule has 3 aliphatic heterocycles. The van der Waals surface area contributed by atoms with Gasteiger partial charge in [-0.2, -0.15) is 23.1 Å². The number of hydrogen-bond acceptors (Lipinski definition) is 19. The first-order valence-electron chi connectivity index (χ1n) is 13.7. The van der Waals surface area contributed by atoms with E-state index >= 15 is 0 Å². The van der Waals surface area contributed by atoms with Crippen LogP contribution in [-0.2, 0) is 36.3 Å². The number of phosphoric ester groups is 1. The van der Waals surface area contributed by atoms with Crippen LogP contribution in [-0.4, -0.2) is 148 Å². The van der Waals surface area contributed by atoms with Crippen LogP contribution in [0.1, 0.15) is 12.8 Å². The van der Waals surface area contributed by atoms with Gasteiger partial charge in [0.15, 0.2) is 17.6 Å². The lowest BCUT2D eigenvalue weighted by Crippen LogP contribution is -2.77. The Balaban J connectivity index is 1.87. The molecule has 4 rings (SSSR count). The van der Waals surface area contributed by atoms with Crippen molar-refractivity contribution in [1.82, 2.24) is 19.4 Å². The molecule has 0 aromatic carbocycles. The maximum atomic E-state index is 13.0. The second-order valence-corrected chi connectivity index (χ2v) is 15.1. The first kappa shape index (κ1) is 38.4. The third-order valence-electron chi connectivity index (χ3n) is 7.54. The van der Waals surface area contributed by atoms with Crippen molar-refractivity contribution in [3.63, 3.8) is 0 Å². The molecule has 10 atom stereocenters. The SMILES string of the molecule is NCCCCN1CC(CO)(OP(=O)(O)OP(=O)(O)OP(=O)(O)O)OC([N+]2([C@@H]3O[C@H](CO)[C@@H](O)[C@H]3O)C=Nc3c(N)ncnc32)C1CO. The summed E-state index contributed by atoms with van der Waals surface area (Å²) in [4.78, 5) is 51.7. The Kier molecular flexibility index (Phi) is 11.8. The van der Waals surface area contributed by atoms with Crippen LogP contribution in [0.15, 0.2) is 11.3 Å². The second-order valence-electron chi connectivity index (χ2n) is 10.7. The average Bonchev–Trinajstić information content (AvgIpc) is 3.49. The summed E-state index contributed by atoms with van der Waals surface area (Å²) in [5.41, 5.74) is 11.6. The fourth-order valence-electron chi connectivity index (χ4n) is 5.65. The number of hydrogen-bond donors (Lipinski definition) is 11. The predicted octanol–water partition coefficient (Wildman–Crippen LogP) is -3.73. The van der Waals surface area contributed by atoms with Gasteiger partial charge in [-0.05, 0) is 25.9 Å². The molecule has 1 aromatic heterocycles. The van der Waals surface area contributed by atoms with Crippen LogP contribution in [0.25, 0.3) is 0 Å². The van der Waals surface area contributed by atoms with Crippen molar-refractivity contribution in [3.8, 4) is 0 Å². The van der Waals surface area contributed by atoms with Crippen LogP contribution in [0.2, 0.25) is 0 Å². The molecule has 0 radical (unpaired) electrons. The molecule has 27 heteroatoms. The second kappa shape index (κ2) is 14.4. The Labute approximate surface area is 265 Å². The number of phosphoric acid groups is 3. The third-order valence-corrected chi connectivity index (χ3v) is 11.4. The molecule has 47 heavy (non-hydrogen) atoms. The van der Waals surface area contributed by atoms with Crippen molar-refractivity contribution in [2.45, 2.75) is 55.4 Å². The number of nitrogens with zero attached hydrogens (tertiary/aromatic N) is 5. The van der Waals surface area contributed by atoms with Gasteiger partial charge in [0.25, 0.3) is 5.82 Å². The van der Waals surface area contributed by atoms with Gasteiger partial charge >= 0.3 is 23.5 Å². The van der Waals surface area contributed by atoms with E-state index in [-0.39, 0.29) is 30.4 Å². The van der Waals surface area contributed by atoms with E-state index in [4.69, 9.17) is 35.3 Å². The number of nitrogen functional groups attached to an aromatic ring is 1. The summed E-state index contributed by atoms with van der Waals surface area (Å²) in [7, 11) is -17.7. The number of anilines is 1. The monoisotopic (exact) mass is 740 g/mol. The van der Waals surface area contributed by atoms with Gasteiger partial charge in [0.2, 0.25) is 24.6 Å². The summed E-state index contributed by atoms with van der Waals surface area (Å²) in [5.74, 6) is -3.05. The van der Waals surface area contributed by atoms with Gasteiger partial charge < -0.3 is 61.3 Å². The van der Waals surface area contributed by atoms with Crippen molar-refractivity contribution >= 4 is 47.1 Å². The van der Waals surface area contributed by atoms with Crippen molar-refractivity contribution in [2.24, 2.45) is 10.7 Å². The summed E-state index contributed by atoms with van der Waals surface area (Å²) in [6.45, 7) is -3.21. The Bertz CT molecular complexity index is 1460. The first-order valence-corrected chi connectivity index (χ1v) is 18.3. The maximum Gasteiger partial charge on any atom is 0.490 e. The van der Waals surface area contributed by atoms with Crippen molar-refractivity contribution in [3.05, 3.63) is 6.33 Å². The molecule has 0 amide bonds. The van der Waals surface area contributed by atoms with Crippen molar-refractivity contribution in [1.29, 1.82) is 0 Å². The highest BCUT2D eigenvalue weighted by Crippen LogP contribution is 2.67. The van der Waals surface area contributed by atoms with E-state index in [1.165, 1.54) is 4.90 Å². The van der Waals surface area contributed by atoms with Crippen LogP contribution in [0.3, 0.4) is 0 Å². The quantitative estimate of drug-likeness (QED) is 0.0467. The minimum Gasteiger partial charge on any atom is -0.394 e. The molecular formula is C20H37N7O17P3+. The zero-order chi connectivity index (χ0) is 35.0. The molecule has 24 nitrogen and oxygen atoms in total. The van der Waals surface area contributed by atoms with Crippen LogP contribution in [0.5, 0.6) is 0 Å². The Morgan fingerprint density at radius 2 is 1.70 bits per heavy atom. The van der Waals surface area contributed by atoms with Gasteiger partial charge in [0.1, 0.15) is 24.6 Å². The van der Waals surface area contributed by atoms with Gasteiger partial charge in [-0.1, -0.05) is 0 Å². The highest BCUT2D eigenvalue weighted by atomic mass is 31.3. The minimum atomic E-state index is -6.01. The van der Waals surface area contributed by atoms with E-state index < -0.39 is 96.9 Å². The van der Waals surface area contributed by atoms with E-state index in [1.807, 2.05) is 0 Å². The summed E-state index contributed by atoms with van der Waals surface area (Å²) in [5, 5.41) is 53.0. The molecule has 13 N–H and O–H groups in total. The van der Waals surface area contributed by atoms with Gasteiger partial charge in [-0.25, -0.2) is 23.2 Å². The molecule has 0 aliphatic carbocycles. The highest BCUT2D eigenvalue weighted by molar-refractivity contribution is 7.66. The number of ether oxygens (including phenoxy) is 2. The van der Waals surface area contributed by atoms with E-state index in [0.717, 1.165) is 12.7 Å². The zero-order valence-corrected chi connectivity index (χ0v) is 27.0. The molecule has 2 saturated heterocycles. The standard InChI is InChI=1S/C20H36N7O17P3/c21-3-1-2-4-26-7-20(8-30,42-46(36,37)44-47(38,39)43-45(33,34)35)41-18(11(26)5-28)27(19-15(32)14(31)12(6-29)40-19)10-25-13-16(22)23-9-24-17(13)27/h9-12,14-15,18-19,28-32H,1-8,21H2,(H5-,22,23,24,33,34,35,36,37,38,39)/p+1/t11?,12-,14-,15-,18?,19-,20?,27?/m1/s1. The maximum absolute atomic E-state index is 13.0. The summed E-state index contributed by atoms with van der Waals surface area (Å²) >= 11 is 0. The average molecular weight is 740 g/mol. The number of nitrogens with two attached hydrogens (primary N) is 2. The van der Waals surface area contributed by atoms with E-state index in [0.29, 0.717) is 12.8 Å². The van der Waals surface area contributed by atoms with Gasteiger partial charge in [-0.15, -0.1) is 0 Å². The zero-order valence-electron chi connectivity index (χ0n) is 24.3. The Morgan fingerprint density at radius 3 is 2.28 bits per heavy atom. The highest BCUT2D eigenvalue weighted by Gasteiger charge is 2.67. The number of aliphatic imine (C=N–C) groups is 1. The van der Waals surface area contributed by atoms with E-state index in [1.54, 1.807) is 0 Å². The molecule has 1 aromatic rings. The predicted molar refractivity (Wildman–Crippen MR) is 155 cm³/mol. The van der Waals surface area contributed by atoms with E-state index in [2.05, 4.69) is 23.6 Å². The number of quaternary nitrogens is 1. The first-order chi connectivity index (χ1) is 21.9. The molecule has 6 unspecified atom stereocenters. The number of fused-ring (bicyclic) bond motifs is 1. The Hall–Kier alpha value is -1.44. The minimum absolute atomic E-state index is 0.0374. The lowest BCUT2D eigenvalue weighted by molar-refractivity contribution is -0.318. The molecule has 2 fully saturated rings. The lowest BCUT2D eigenvalue weighted by Gasteiger charge is -2.53. The number of morpholine rings is 1. The number of aliphatic hydroxyl groups is 5. The summed E-state index contributed by atoms with van der Waals surface area (Å²) in [6.07, 6.45) is -5.39. The van der Waals surface area contributed by atoms with Gasteiger partial charge in [0, 0.05) is 0 Å². The van der Waals surface area contributed by atoms with Gasteiger partial charge in [-0.3, -0.25) is 9.64 Å². The number of rotatable bonds is 15. The fourth-order valence-corrected chi connectivity index (χ4v) is 8.86. The number of aromatic nitrogens is 2. The van der Waals surface area contributed by atoms with Crippen LogP contribution >= 0.6 is 23.5 Å². The molecule has 268 valence electrons. The van der Waals surface area contributed by atoms with Crippen LogP contribution in [0, 0.1) is 0 Å². The van der Waals surface area contributed by atoms with E-state index in [9.17, 15) is 49.0 Å². The summed E-state index contributed by atoms with van der Waals surface area (Å²) < 4.78 is 59.9. The molecule has 0 bridgehead atoms. The van der Waals surface area contributed by atoms with Gasteiger partial charge in [0.05, 0.1) is 26.4 Å². The molecule has 0 saturated carbocycles. The van der Waals surface area contributed by atoms with Crippen LogP contribution in [0.4, 0.5) is 17.3 Å². The Morgan fingerprint density at radius 1 is 1.00 bits per heavy atom. The van der Waals surface area contributed by atoms with Crippen molar-refractivity contribution in [2.75, 3.05) is 45.2 Å². The summed E-state index contributed by atoms with van der Waals surface area (Å²) in [6, 6.07) is -1.20. The third kappa shape index (κ3) is 7.98. The number of unbranched alkanes of at least 4 members (excludes halogenated alkanes) is 1. The topological polar surface area (TPSA) is 373 Å². The molecular weight excluding hydrogens is 703 g/mol. The molecule has 4 heterocycles. The molecule has 3 aliphatic rings. The number of aliphatic hydroxyl groups excluding tert-OH is 5. The normalized spacial score (nSPS) is 35.4. The fraction of sp³-hybridized carbons (Fsp3) is 0.750. The van der Waals surface area contributed by atoms with Crippen LogP contribution < -0.4 is 16.0 Å².